The van der Waals surface area contributed by atoms with Gasteiger partial charge in [-0.2, -0.15) is 5.10 Å². The maximum atomic E-state index is 11.9. The Balaban J connectivity index is 1.70. The molecule has 0 bridgehead atoms. The first-order chi connectivity index (χ1) is 11.0. The van der Waals surface area contributed by atoms with Crippen LogP contribution in [-0.4, -0.2) is 22.0 Å². The number of aromatic amines is 1. The SMILES string of the molecule is O=C(Nc1cc(Cl)cc(Cl)c1)C(=O)Nc1ccc2cn[nH]c2c1. The number of nitrogens with one attached hydrogen (secondary N) is 3. The van der Waals surface area contributed by atoms with Crippen LogP contribution >= 0.6 is 23.2 Å². The number of carbonyl (C=O) groups excluding carboxylic acids is 2. The number of hydrogen-bond acceptors (Lipinski definition) is 3. The molecule has 3 rings (SSSR count). The number of H-pyrrole nitrogens is 1. The number of nitrogens with zero attached hydrogens (tertiary/aromatic N) is 1. The van der Waals surface area contributed by atoms with Crippen molar-refractivity contribution in [2.24, 2.45) is 0 Å². The molecule has 0 saturated heterocycles. The Morgan fingerprint density at radius 2 is 1.57 bits per heavy atom. The molecule has 3 N–H and O–H groups in total. The second-order valence-electron chi connectivity index (χ2n) is 4.74. The van der Waals surface area contributed by atoms with E-state index in [-0.39, 0.29) is 0 Å². The van der Waals surface area contributed by atoms with Gasteiger partial charge in [0.2, 0.25) is 0 Å². The topological polar surface area (TPSA) is 86.9 Å². The van der Waals surface area contributed by atoms with E-state index in [9.17, 15) is 9.59 Å². The number of halogens is 2. The lowest BCUT2D eigenvalue weighted by atomic mass is 10.2. The Hall–Kier alpha value is -2.57. The number of aromatic nitrogens is 2. The highest BCUT2D eigenvalue weighted by Gasteiger charge is 2.15. The third kappa shape index (κ3) is 3.61. The lowest BCUT2D eigenvalue weighted by Crippen LogP contribution is -2.29. The minimum atomic E-state index is -0.826. The second-order valence-corrected chi connectivity index (χ2v) is 5.61. The largest absolute Gasteiger partial charge is 0.318 e. The fourth-order valence-electron chi connectivity index (χ4n) is 2.02. The van der Waals surface area contributed by atoms with E-state index in [4.69, 9.17) is 23.2 Å². The zero-order valence-electron chi connectivity index (χ0n) is 11.6. The van der Waals surface area contributed by atoms with Crippen molar-refractivity contribution in [1.29, 1.82) is 0 Å². The highest BCUT2D eigenvalue weighted by molar-refractivity contribution is 6.44. The number of benzene rings is 2. The summed E-state index contributed by atoms with van der Waals surface area (Å²) in [7, 11) is 0. The molecule has 1 heterocycles. The smallest absolute Gasteiger partial charge is 0.314 e. The quantitative estimate of drug-likeness (QED) is 0.620. The van der Waals surface area contributed by atoms with E-state index in [2.05, 4.69) is 20.8 Å². The fourth-order valence-corrected chi connectivity index (χ4v) is 2.54. The van der Waals surface area contributed by atoms with Gasteiger partial charge < -0.3 is 10.6 Å². The Bertz CT molecular complexity index is 887. The minimum Gasteiger partial charge on any atom is -0.318 e. The van der Waals surface area contributed by atoms with Crippen LogP contribution in [0.1, 0.15) is 0 Å². The number of amides is 2. The molecule has 0 aliphatic heterocycles. The Labute approximate surface area is 140 Å². The normalized spacial score (nSPS) is 10.5. The van der Waals surface area contributed by atoms with Gasteiger partial charge in [-0.25, -0.2) is 0 Å². The molecule has 23 heavy (non-hydrogen) atoms. The predicted octanol–water partition coefficient (Wildman–Crippen LogP) is 3.45. The standard InChI is InChI=1S/C15H10Cl2N4O2/c16-9-3-10(17)5-12(4-9)20-15(23)14(22)19-11-2-1-8-7-18-21-13(8)6-11/h1-7H,(H,18,21)(H,19,22)(H,20,23). The third-order valence-electron chi connectivity index (χ3n) is 3.03. The summed E-state index contributed by atoms with van der Waals surface area (Å²) < 4.78 is 0. The molecule has 3 aromatic rings. The Kier molecular flexibility index (Phi) is 4.18. The first kappa shape index (κ1) is 15.3. The Morgan fingerprint density at radius 3 is 2.26 bits per heavy atom. The Morgan fingerprint density at radius 1 is 0.913 bits per heavy atom. The van der Waals surface area contributed by atoms with Crippen LogP contribution in [0.3, 0.4) is 0 Å². The molecule has 0 spiro atoms. The lowest BCUT2D eigenvalue weighted by molar-refractivity contribution is -0.132. The molecule has 0 unspecified atom stereocenters. The van der Waals surface area contributed by atoms with Crippen LogP contribution < -0.4 is 10.6 Å². The second kappa shape index (κ2) is 6.28. The molecular weight excluding hydrogens is 339 g/mol. The molecular formula is C15H10Cl2N4O2. The zero-order chi connectivity index (χ0) is 16.4. The maximum Gasteiger partial charge on any atom is 0.314 e. The summed E-state index contributed by atoms with van der Waals surface area (Å²) >= 11 is 11.7. The van der Waals surface area contributed by atoms with E-state index in [1.807, 2.05) is 0 Å². The van der Waals surface area contributed by atoms with Gasteiger partial charge >= 0.3 is 11.8 Å². The average molecular weight is 349 g/mol. The monoisotopic (exact) mass is 348 g/mol. The van der Waals surface area contributed by atoms with E-state index in [0.717, 1.165) is 10.9 Å². The van der Waals surface area contributed by atoms with Crippen molar-refractivity contribution in [2.75, 3.05) is 10.6 Å². The summed E-state index contributed by atoms with van der Waals surface area (Å²) in [5.41, 5.74) is 1.57. The molecule has 116 valence electrons. The van der Waals surface area contributed by atoms with Crippen molar-refractivity contribution < 1.29 is 9.59 Å². The van der Waals surface area contributed by atoms with Gasteiger partial charge in [0, 0.05) is 26.8 Å². The van der Waals surface area contributed by atoms with Gasteiger partial charge in [-0.1, -0.05) is 23.2 Å². The van der Waals surface area contributed by atoms with E-state index in [1.54, 1.807) is 24.4 Å². The van der Waals surface area contributed by atoms with Crippen LogP contribution in [0.2, 0.25) is 10.0 Å². The highest BCUT2D eigenvalue weighted by Crippen LogP contribution is 2.22. The van der Waals surface area contributed by atoms with Gasteiger partial charge in [0.1, 0.15) is 0 Å². The molecule has 0 radical (unpaired) electrons. The van der Waals surface area contributed by atoms with Gasteiger partial charge in [0.25, 0.3) is 0 Å². The number of carbonyl (C=O) groups is 2. The summed E-state index contributed by atoms with van der Waals surface area (Å²) in [6, 6.07) is 9.66. The van der Waals surface area contributed by atoms with E-state index in [1.165, 1.54) is 18.2 Å². The van der Waals surface area contributed by atoms with Crippen molar-refractivity contribution in [3.05, 3.63) is 52.6 Å². The molecule has 0 fully saturated rings. The molecule has 0 aliphatic carbocycles. The van der Waals surface area contributed by atoms with Crippen molar-refractivity contribution in [3.8, 4) is 0 Å². The predicted molar refractivity (Wildman–Crippen MR) is 89.8 cm³/mol. The molecule has 0 saturated carbocycles. The first-order valence-corrected chi connectivity index (χ1v) is 7.28. The molecule has 8 heteroatoms. The van der Waals surface area contributed by atoms with Gasteiger partial charge in [0.15, 0.2) is 0 Å². The van der Waals surface area contributed by atoms with E-state index < -0.39 is 11.8 Å². The van der Waals surface area contributed by atoms with Crippen molar-refractivity contribution in [3.63, 3.8) is 0 Å². The van der Waals surface area contributed by atoms with Crippen molar-refractivity contribution >= 4 is 57.3 Å². The van der Waals surface area contributed by atoms with Crippen LogP contribution in [0.5, 0.6) is 0 Å². The van der Waals surface area contributed by atoms with Crippen molar-refractivity contribution in [1.82, 2.24) is 10.2 Å². The molecule has 2 amide bonds. The molecule has 0 aliphatic rings. The molecule has 2 aromatic carbocycles. The third-order valence-corrected chi connectivity index (χ3v) is 3.46. The van der Waals surface area contributed by atoms with Gasteiger partial charge in [-0.3, -0.25) is 14.7 Å². The van der Waals surface area contributed by atoms with E-state index in [0.29, 0.717) is 21.4 Å². The fraction of sp³-hybridized carbons (Fsp3) is 0. The first-order valence-electron chi connectivity index (χ1n) is 6.53. The summed E-state index contributed by atoms with van der Waals surface area (Å²) in [4.78, 5) is 23.9. The number of fused-ring (bicyclic) bond motifs is 1. The van der Waals surface area contributed by atoms with Gasteiger partial charge in [0.05, 0.1) is 11.7 Å². The van der Waals surface area contributed by atoms with Crippen LogP contribution in [0.25, 0.3) is 10.9 Å². The van der Waals surface area contributed by atoms with Crippen LogP contribution in [0.4, 0.5) is 11.4 Å². The summed E-state index contributed by atoms with van der Waals surface area (Å²) in [6.07, 6.45) is 1.66. The highest BCUT2D eigenvalue weighted by atomic mass is 35.5. The molecule has 6 nitrogen and oxygen atoms in total. The number of anilines is 2. The maximum absolute atomic E-state index is 11.9. The number of hydrogen-bond donors (Lipinski definition) is 3. The van der Waals surface area contributed by atoms with E-state index >= 15 is 0 Å². The van der Waals surface area contributed by atoms with Gasteiger partial charge in [-0.05, 0) is 36.4 Å². The van der Waals surface area contributed by atoms with Crippen molar-refractivity contribution in [2.45, 2.75) is 0 Å². The number of rotatable bonds is 2. The minimum absolute atomic E-state index is 0.340. The summed E-state index contributed by atoms with van der Waals surface area (Å²) in [5, 5.41) is 13.2. The average Bonchev–Trinajstić information content (AvgIpc) is 2.93. The summed E-state index contributed by atoms with van der Waals surface area (Å²) in [6.45, 7) is 0. The molecule has 0 atom stereocenters. The summed E-state index contributed by atoms with van der Waals surface area (Å²) in [5.74, 6) is -1.63. The zero-order valence-corrected chi connectivity index (χ0v) is 13.1. The van der Waals surface area contributed by atoms with Crippen LogP contribution in [-0.2, 0) is 9.59 Å². The van der Waals surface area contributed by atoms with Crippen LogP contribution in [0, 0.1) is 0 Å². The van der Waals surface area contributed by atoms with Crippen LogP contribution in [0.15, 0.2) is 42.6 Å². The van der Waals surface area contributed by atoms with Gasteiger partial charge in [-0.15, -0.1) is 0 Å². The molecule has 1 aromatic heterocycles. The lowest BCUT2D eigenvalue weighted by Gasteiger charge is -2.07.